The second-order valence-corrected chi connectivity index (χ2v) is 5.41. The molecule has 19 heavy (non-hydrogen) atoms. The summed E-state index contributed by atoms with van der Waals surface area (Å²) in [5, 5.41) is 13.0. The van der Waals surface area contributed by atoms with Crippen LogP contribution in [0.3, 0.4) is 0 Å². The summed E-state index contributed by atoms with van der Waals surface area (Å²) in [6.45, 7) is 6.51. The van der Waals surface area contributed by atoms with Gasteiger partial charge in [0.05, 0.1) is 12.4 Å². The van der Waals surface area contributed by atoms with Gasteiger partial charge in [-0.15, -0.1) is 0 Å². The lowest BCUT2D eigenvalue weighted by atomic mass is 9.96. The van der Waals surface area contributed by atoms with E-state index in [0.29, 0.717) is 18.8 Å². The van der Waals surface area contributed by atoms with Crippen molar-refractivity contribution in [2.24, 2.45) is 0 Å². The Morgan fingerprint density at radius 1 is 1.63 bits per heavy atom. The van der Waals surface area contributed by atoms with Crippen molar-refractivity contribution in [2.75, 3.05) is 13.2 Å². The van der Waals surface area contributed by atoms with E-state index in [1.165, 1.54) is 6.26 Å². The van der Waals surface area contributed by atoms with E-state index < -0.39 is 5.60 Å². The first-order valence-electron chi connectivity index (χ1n) is 6.63. The number of furan rings is 1. The van der Waals surface area contributed by atoms with Gasteiger partial charge in [-0.25, -0.2) is 0 Å². The van der Waals surface area contributed by atoms with E-state index in [1.54, 1.807) is 6.07 Å². The zero-order valence-electron chi connectivity index (χ0n) is 11.6. The third-order valence-electron chi connectivity index (χ3n) is 3.74. The predicted molar refractivity (Wildman–Crippen MR) is 70.1 cm³/mol. The van der Waals surface area contributed by atoms with Gasteiger partial charge in [0, 0.05) is 25.1 Å². The van der Waals surface area contributed by atoms with Crippen LogP contribution < -0.4 is 5.32 Å². The number of nitrogens with one attached hydrogen (secondary N) is 1. The van der Waals surface area contributed by atoms with Crippen LogP contribution in [-0.2, 0) is 4.74 Å². The van der Waals surface area contributed by atoms with Gasteiger partial charge in [-0.1, -0.05) is 13.8 Å². The number of hydrogen-bond donors (Lipinski definition) is 2. The lowest BCUT2D eigenvalue weighted by Gasteiger charge is -2.26. The summed E-state index contributed by atoms with van der Waals surface area (Å²) < 4.78 is 10.6. The molecule has 0 aromatic carbocycles. The van der Waals surface area contributed by atoms with Crippen LogP contribution in [0.1, 0.15) is 49.2 Å². The highest BCUT2D eigenvalue weighted by molar-refractivity contribution is 5.93. The number of hydrogen-bond acceptors (Lipinski definition) is 4. The molecular weight excluding hydrogens is 246 g/mol. The van der Waals surface area contributed by atoms with Crippen molar-refractivity contribution in [3.05, 3.63) is 23.7 Å². The molecule has 5 heteroatoms. The molecule has 1 aliphatic rings. The Bertz CT molecular complexity index is 454. The molecule has 5 nitrogen and oxygen atoms in total. The molecule has 0 saturated carbocycles. The van der Waals surface area contributed by atoms with Gasteiger partial charge in [0.25, 0.3) is 5.91 Å². The van der Waals surface area contributed by atoms with Crippen molar-refractivity contribution in [1.29, 1.82) is 0 Å². The summed E-state index contributed by atoms with van der Waals surface area (Å²) in [4.78, 5) is 12.1. The van der Waals surface area contributed by atoms with Gasteiger partial charge in [0.2, 0.25) is 0 Å². The lowest BCUT2D eigenvalue weighted by Crippen LogP contribution is -2.47. The maximum absolute atomic E-state index is 12.1. The normalized spacial score (nSPS) is 26.9. The topological polar surface area (TPSA) is 71.7 Å². The molecule has 0 radical (unpaired) electrons. The molecule has 106 valence electrons. The number of carbonyl (C=O) groups excluding carboxylic acids is 1. The number of aliphatic hydroxyl groups is 1. The largest absolute Gasteiger partial charge is 0.459 e. The van der Waals surface area contributed by atoms with Crippen molar-refractivity contribution in [3.8, 4) is 0 Å². The second-order valence-electron chi connectivity index (χ2n) is 5.41. The summed E-state index contributed by atoms with van der Waals surface area (Å²) in [5.41, 5.74) is -0.111. The molecule has 0 spiro atoms. The fourth-order valence-electron chi connectivity index (χ4n) is 2.27. The van der Waals surface area contributed by atoms with Crippen LogP contribution in [0.4, 0.5) is 0 Å². The van der Waals surface area contributed by atoms with E-state index in [4.69, 9.17) is 9.15 Å². The summed E-state index contributed by atoms with van der Waals surface area (Å²) in [6.07, 6.45) is 1.78. The molecule has 1 fully saturated rings. The fraction of sp³-hybridized carbons (Fsp3) is 0.643. The van der Waals surface area contributed by atoms with Gasteiger partial charge < -0.3 is 19.6 Å². The maximum atomic E-state index is 12.1. The Balaban J connectivity index is 2.00. The molecular formula is C14H21NO4. The summed E-state index contributed by atoms with van der Waals surface area (Å²) >= 11 is 0. The van der Waals surface area contributed by atoms with E-state index >= 15 is 0 Å². The second kappa shape index (κ2) is 5.35. The molecule has 1 aromatic heterocycles. The van der Waals surface area contributed by atoms with E-state index in [9.17, 15) is 9.90 Å². The highest BCUT2D eigenvalue weighted by Crippen LogP contribution is 2.25. The van der Waals surface area contributed by atoms with Crippen LogP contribution in [-0.4, -0.2) is 35.9 Å². The third kappa shape index (κ3) is 2.82. The molecule has 0 aliphatic carbocycles. The van der Waals surface area contributed by atoms with Gasteiger partial charge in [0.1, 0.15) is 5.60 Å². The van der Waals surface area contributed by atoms with Gasteiger partial charge >= 0.3 is 0 Å². The first kappa shape index (κ1) is 14.1. The van der Waals surface area contributed by atoms with E-state index in [1.807, 2.05) is 20.8 Å². The standard InChI is InChI=1S/C14H21NO4/c1-9(2)11-4-6-19-12(11)13(16)15-8-14(17)5-7-18-10(14)3/h4,6,9-10,17H,5,7-8H2,1-3H3,(H,15,16). The van der Waals surface area contributed by atoms with Crippen LogP contribution in [0.2, 0.25) is 0 Å². The minimum atomic E-state index is -0.986. The van der Waals surface area contributed by atoms with Gasteiger partial charge in [0.15, 0.2) is 5.76 Å². The van der Waals surface area contributed by atoms with Crippen LogP contribution in [0.15, 0.2) is 16.7 Å². The molecule has 1 saturated heterocycles. The van der Waals surface area contributed by atoms with Crippen molar-refractivity contribution < 1.29 is 19.1 Å². The first-order chi connectivity index (χ1) is 8.94. The Morgan fingerprint density at radius 3 is 2.95 bits per heavy atom. The van der Waals surface area contributed by atoms with Crippen molar-refractivity contribution in [2.45, 2.75) is 44.8 Å². The van der Waals surface area contributed by atoms with Gasteiger partial charge in [-0.2, -0.15) is 0 Å². The SMILES string of the molecule is CC(C)c1ccoc1C(=O)NCC1(O)CCOC1C. The molecule has 0 bridgehead atoms. The summed E-state index contributed by atoms with van der Waals surface area (Å²) in [5.74, 6) is 0.253. The smallest absolute Gasteiger partial charge is 0.287 e. The zero-order chi connectivity index (χ0) is 14.0. The summed E-state index contributed by atoms with van der Waals surface area (Å²) in [6, 6.07) is 1.80. The molecule has 2 N–H and O–H groups in total. The Labute approximate surface area is 112 Å². The van der Waals surface area contributed by atoms with Crippen molar-refractivity contribution >= 4 is 5.91 Å². The van der Waals surface area contributed by atoms with Crippen molar-refractivity contribution in [3.63, 3.8) is 0 Å². The first-order valence-corrected chi connectivity index (χ1v) is 6.63. The Hall–Kier alpha value is -1.33. The minimum Gasteiger partial charge on any atom is -0.459 e. The van der Waals surface area contributed by atoms with Crippen LogP contribution in [0.25, 0.3) is 0 Å². The third-order valence-corrected chi connectivity index (χ3v) is 3.74. The molecule has 1 amide bonds. The monoisotopic (exact) mass is 267 g/mol. The average Bonchev–Trinajstić information content (AvgIpc) is 2.95. The van der Waals surface area contributed by atoms with Crippen LogP contribution >= 0.6 is 0 Å². The number of ether oxygens (including phenoxy) is 1. The number of carbonyl (C=O) groups is 1. The number of amides is 1. The zero-order valence-corrected chi connectivity index (χ0v) is 11.6. The molecule has 2 heterocycles. The lowest BCUT2D eigenvalue weighted by molar-refractivity contribution is -0.0253. The number of rotatable bonds is 4. The Kier molecular flexibility index (Phi) is 3.96. The quantitative estimate of drug-likeness (QED) is 0.870. The average molecular weight is 267 g/mol. The highest BCUT2D eigenvalue weighted by Gasteiger charge is 2.40. The van der Waals surface area contributed by atoms with Crippen LogP contribution in [0.5, 0.6) is 0 Å². The fourth-order valence-corrected chi connectivity index (χ4v) is 2.27. The molecule has 2 atom stereocenters. The minimum absolute atomic E-state index is 0.172. The molecule has 2 unspecified atom stereocenters. The predicted octanol–water partition coefficient (Wildman–Crippen LogP) is 1.67. The van der Waals surface area contributed by atoms with E-state index in [0.717, 1.165) is 5.56 Å². The van der Waals surface area contributed by atoms with Gasteiger partial charge in [-0.3, -0.25) is 4.79 Å². The highest BCUT2D eigenvalue weighted by atomic mass is 16.5. The molecule has 2 rings (SSSR count). The summed E-state index contributed by atoms with van der Waals surface area (Å²) in [7, 11) is 0. The maximum Gasteiger partial charge on any atom is 0.287 e. The van der Waals surface area contributed by atoms with Gasteiger partial charge in [-0.05, 0) is 18.9 Å². The van der Waals surface area contributed by atoms with E-state index in [-0.39, 0.29) is 24.5 Å². The van der Waals surface area contributed by atoms with E-state index in [2.05, 4.69) is 5.32 Å². The molecule has 1 aromatic rings. The van der Waals surface area contributed by atoms with Crippen LogP contribution in [0, 0.1) is 0 Å². The molecule has 1 aliphatic heterocycles. The Morgan fingerprint density at radius 2 is 2.37 bits per heavy atom. The van der Waals surface area contributed by atoms with Crippen molar-refractivity contribution in [1.82, 2.24) is 5.32 Å².